The average molecular weight is 167 g/mol. The molecule has 0 atom stereocenters. The summed E-state index contributed by atoms with van der Waals surface area (Å²) in [6, 6.07) is 2.94. The van der Waals surface area contributed by atoms with Gasteiger partial charge in [0, 0.05) is 12.8 Å². The normalized spacial score (nSPS) is 10.8. The summed E-state index contributed by atoms with van der Waals surface area (Å²) in [6.07, 6.45) is 5.66. The summed E-state index contributed by atoms with van der Waals surface area (Å²) < 4.78 is 12.3. The highest BCUT2D eigenvalue weighted by Crippen LogP contribution is 2.01. The summed E-state index contributed by atoms with van der Waals surface area (Å²) in [6.45, 7) is 0.130. The number of nitrogens with zero attached hydrogens (tertiary/aromatic N) is 1. The first-order valence-electron chi connectivity index (χ1n) is 3.72. The first-order valence-corrected chi connectivity index (χ1v) is 3.72. The number of aromatic nitrogens is 1. The molecule has 0 fully saturated rings. The molecule has 0 bridgehead atoms. The molecule has 2 nitrogen and oxygen atoms in total. The third-order valence-electron chi connectivity index (χ3n) is 1.36. The molecule has 0 aromatic carbocycles. The van der Waals surface area contributed by atoms with Gasteiger partial charge in [0.25, 0.3) is 0 Å². The lowest BCUT2D eigenvalue weighted by atomic mass is 10.2. The van der Waals surface area contributed by atoms with Crippen molar-refractivity contribution in [2.75, 3.05) is 6.61 Å². The summed E-state index contributed by atoms with van der Waals surface area (Å²) in [5.41, 5.74) is 0.838. The predicted molar refractivity (Wildman–Crippen MR) is 44.9 cm³/mol. The molecule has 0 aliphatic rings. The van der Waals surface area contributed by atoms with Crippen LogP contribution in [0.4, 0.5) is 4.39 Å². The summed E-state index contributed by atoms with van der Waals surface area (Å²) >= 11 is 0. The first-order chi connectivity index (χ1) is 5.83. The van der Waals surface area contributed by atoms with Crippen LogP contribution < -0.4 is 0 Å². The van der Waals surface area contributed by atoms with Crippen molar-refractivity contribution in [3.05, 3.63) is 35.9 Å². The summed E-state index contributed by atoms with van der Waals surface area (Å²) in [7, 11) is 0. The first kappa shape index (κ1) is 8.87. The minimum absolute atomic E-state index is 0.130. The molecule has 0 radical (unpaired) electrons. The van der Waals surface area contributed by atoms with Crippen molar-refractivity contribution in [3.8, 4) is 0 Å². The standard InChI is InChI=1S/C9H10FNO/c10-9-5-4-8(7-11-9)3-1-2-6-12/h1,3-5,7,12H,2,6H2. The maximum Gasteiger partial charge on any atom is 0.212 e. The van der Waals surface area contributed by atoms with Crippen LogP contribution in [0.1, 0.15) is 12.0 Å². The fourth-order valence-electron chi connectivity index (χ4n) is 0.780. The Kier molecular flexibility index (Phi) is 3.41. The molecule has 3 heteroatoms. The third kappa shape index (κ3) is 2.80. The molecule has 0 amide bonds. The second-order valence-electron chi connectivity index (χ2n) is 2.33. The molecule has 0 saturated heterocycles. The minimum Gasteiger partial charge on any atom is -0.396 e. The van der Waals surface area contributed by atoms with E-state index in [9.17, 15) is 4.39 Å². The highest BCUT2D eigenvalue weighted by atomic mass is 19.1. The Morgan fingerprint density at radius 2 is 2.33 bits per heavy atom. The van der Waals surface area contributed by atoms with Crippen molar-refractivity contribution in [2.24, 2.45) is 0 Å². The van der Waals surface area contributed by atoms with Gasteiger partial charge in [0.2, 0.25) is 5.95 Å². The maximum absolute atomic E-state index is 12.3. The molecule has 0 aliphatic heterocycles. The van der Waals surface area contributed by atoms with Crippen molar-refractivity contribution >= 4 is 6.08 Å². The van der Waals surface area contributed by atoms with Gasteiger partial charge in [0.1, 0.15) is 0 Å². The molecule has 1 heterocycles. The monoisotopic (exact) mass is 167 g/mol. The van der Waals surface area contributed by atoms with E-state index in [-0.39, 0.29) is 6.61 Å². The van der Waals surface area contributed by atoms with Crippen molar-refractivity contribution in [1.82, 2.24) is 4.98 Å². The number of hydrogen-bond donors (Lipinski definition) is 1. The van der Waals surface area contributed by atoms with Crippen LogP contribution in [0.2, 0.25) is 0 Å². The molecule has 1 aromatic rings. The van der Waals surface area contributed by atoms with E-state index in [1.807, 2.05) is 6.08 Å². The molecule has 64 valence electrons. The quantitative estimate of drug-likeness (QED) is 0.694. The summed E-state index contributed by atoms with van der Waals surface area (Å²) in [5.74, 6) is -0.477. The Morgan fingerprint density at radius 3 is 2.92 bits per heavy atom. The molecule has 1 aromatic heterocycles. The predicted octanol–water partition coefficient (Wildman–Crippen LogP) is 1.62. The molecule has 12 heavy (non-hydrogen) atoms. The molecule has 0 aliphatic carbocycles. The van der Waals surface area contributed by atoms with Crippen LogP contribution in [0.15, 0.2) is 24.4 Å². The number of halogens is 1. The minimum atomic E-state index is -0.477. The molecule has 1 rings (SSSR count). The van der Waals surface area contributed by atoms with Crippen LogP contribution in [0.3, 0.4) is 0 Å². The number of aliphatic hydroxyl groups is 1. The number of aliphatic hydroxyl groups excluding tert-OH is 1. The van der Waals surface area contributed by atoms with Gasteiger partial charge in [-0.2, -0.15) is 4.39 Å². The van der Waals surface area contributed by atoms with Gasteiger partial charge in [0.05, 0.1) is 0 Å². The van der Waals surface area contributed by atoms with Crippen LogP contribution in [0, 0.1) is 5.95 Å². The van der Waals surface area contributed by atoms with Gasteiger partial charge in [-0.05, 0) is 24.1 Å². The van der Waals surface area contributed by atoms with Crippen LogP contribution in [0.25, 0.3) is 6.08 Å². The Bertz CT molecular complexity index is 256. The zero-order valence-electron chi connectivity index (χ0n) is 6.57. The van der Waals surface area contributed by atoms with Crippen LogP contribution in [-0.2, 0) is 0 Å². The van der Waals surface area contributed by atoms with Gasteiger partial charge in [-0.25, -0.2) is 4.98 Å². The largest absolute Gasteiger partial charge is 0.396 e. The smallest absolute Gasteiger partial charge is 0.212 e. The molecule has 0 spiro atoms. The van der Waals surface area contributed by atoms with E-state index in [0.29, 0.717) is 6.42 Å². The topological polar surface area (TPSA) is 33.1 Å². The van der Waals surface area contributed by atoms with E-state index in [4.69, 9.17) is 5.11 Å². The molecule has 0 saturated carbocycles. The maximum atomic E-state index is 12.3. The van der Waals surface area contributed by atoms with E-state index < -0.39 is 5.95 Å². The Morgan fingerprint density at radius 1 is 1.50 bits per heavy atom. The van der Waals surface area contributed by atoms with E-state index in [1.54, 1.807) is 12.1 Å². The number of rotatable bonds is 3. The van der Waals surface area contributed by atoms with Gasteiger partial charge in [0.15, 0.2) is 0 Å². The molecule has 1 N–H and O–H groups in total. The average Bonchev–Trinajstić information content (AvgIpc) is 2.09. The summed E-state index contributed by atoms with van der Waals surface area (Å²) in [4.78, 5) is 3.48. The Hall–Kier alpha value is -1.22. The van der Waals surface area contributed by atoms with Gasteiger partial charge < -0.3 is 5.11 Å². The van der Waals surface area contributed by atoms with Gasteiger partial charge in [-0.15, -0.1) is 0 Å². The fraction of sp³-hybridized carbons (Fsp3) is 0.222. The number of hydrogen-bond acceptors (Lipinski definition) is 2. The zero-order chi connectivity index (χ0) is 8.81. The van der Waals surface area contributed by atoms with Gasteiger partial charge in [-0.3, -0.25) is 0 Å². The van der Waals surface area contributed by atoms with Crippen LogP contribution in [0.5, 0.6) is 0 Å². The van der Waals surface area contributed by atoms with Crippen LogP contribution >= 0.6 is 0 Å². The third-order valence-corrected chi connectivity index (χ3v) is 1.36. The lowest BCUT2D eigenvalue weighted by Crippen LogP contribution is -1.81. The van der Waals surface area contributed by atoms with Crippen molar-refractivity contribution in [3.63, 3.8) is 0 Å². The van der Waals surface area contributed by atoms with Gasteiger partial charge in [-0.1, -0.05) is 12.2 Å². The fourth-order valence-corrected chi connectivity index (χ4v) is 0.780. The highest BCUT2D eigenvalue weighted by Gasteiger charge is 1.88. The van der Waals surface area contributed by atoms with E-state index in [1.165, 1.54) is 12.3 Å². The SMILES string of the molecule is OCCC=Cc1ccc(F)nc1. The van der Waals surface area contributed by atoms with E-state index >= 15 is 0 Å². The summed E-state index contributed by atoms with van der Waals surface area (Å²) in [5, 5.41) is 8.46. The van der Waals surface area contributed by atoms with Crippen LogP contribution in [-0.4, -0.2) is 16.7 Å². The Balaban J connectivity index is 2.58. The second-order valence-corrected chi connectivity index (χ2v) is 2.33. The number of pyridine rings is 1. The van der Waals surface area contributed by atoms with E-state index in [0.717, 1.165) is 5.56 Å². The Labute approximate surface area is 70.4 Å². The van der Waals surface area contributed by atoms with Crippen molar-refractivity contribution in [1.29, 1.82) is 0 Å². The van der Waals surface area contributed by atoms with Gasteiger partial charge >= 0.3 is 0 Å². The van der Waals surface area contributed by atoms with E-state index in [2.05, 4.69) is 4.98 Å². The zero-order valence-corrected chi connectivity index (χ0v) is 6.57. The second kappa shape index (κ2) is 4.62. The van der Waals surface area contributed by atoms with Crippen molar-refractivity contribution in [2.45, 2.75) is 6.42 Å². The van der Waals surface area contributed by atoms with Crippen molar-refractivity contribution < 1.29 is 9.50 Å². The highest BCUT2D eigenvalue weighted by molar-refractivity contribution is 5.47. The molecular formula is C9H10FNO. The molecule has 0 unspecified atom stereocenters. The lowest BCUT2D eigenvalue weighted by molar-refractivity contribution is 0.303. The lowest BCUT2D eigenvalue weighted by Gasteiger charge is -1.91. The molecular weight excluding hydrogens is 157 g/mol.